The Morgan fingerprint density at radius 2 is 0.639 bits per heavy atom. The van der Waals surface area contributed by atoms with Crippen molar-refractivity contribution in [2.45, 2.75) is 334 Å². The highest BCUT2D eigenvalue weighted by molar-refractivity contribution is 5.80. The molecule has 0 fully saturated rings. The maximum atomic E-state index is 12.5. The monoisotopic (exact) mass is 862 g/mol. The Morgan fingerprint density at radius 1 is 0.393 bits per heavy atom. The molecule has 0 saturated carbocycles. The van der Waals surface area contributed by atoms with Crippen LogP contribution in [0.5, 0.6) is 0 Å². The van der Waals surface area contributed by atoms with Crippen LogP contribution in [0.3, 0.4) is 0 Å². The molecule has 0 bridgehead atoms. The lowest BCUT2D eigenvalue weighted by atomic mass is 10.0. The average Bonchev–Trinajstić information content (AvgIpc) is 3.26. The SMILES string of the molecule is CCCCCCCCC/C=C/C(O)C(CO)NC(=O)C(O)CCCCCCCCCCCCCCCCCCCCCCCCCCCCCCCCCCCCCCCC. The van der Waals surface area contributed by atoms with E-state index in [0.717, 1.165) is 32.1 Å². The summed E-state index contributed by atoms with van der Waals surface area (Å²) in [6.07, 6.45) is 64.8. The van der Waals surface area contributed by atoms with Crippen molar-refractivity contribution in [3.05, 3.63) is 12.2 Å². The molecule has 0 radical (unpaired) electrons. The third-order valence-corrected chi connectivity index (χ3v) is 13.4. The van der Waals surface area contributed by atoms with Crippen LogP contribution >= 0.6 is 0 Å². The first-order valence-electron chi connectivity index (χ1n) is 28.0. The summed E-state index contributed by atoms with van der Waals surface area (Å²) in [7, 11) is 0. The number of unbranched alkanes of at least 4 members (excludes halogenated alkanes) is 44. The molecular weight excluding hydrogens is 751 g/mol. The van der Waals surface area contributed by atoms with Crippen LogP contribution in [0.2, 0.25) is 0 Å². The van der Waals surface area contributed by atoms with Gasteiger partial charge in [0.05, 0.1) is 18.8 Å². The zero-order valence-corrected chi connectivity index (χ0v) is 41.6. The molecular formula is C56H111NO4. The van der Waals surface area contributed by atoms with Gasteiger partial charge in [0.1, 0.15) is 6.10 Å². The van der Waals surface area contributed by atoms with Crippen molar-refractivity contribution < 1.29 is 20.1 Å². The molecule has 0 aliphatic heterocycles. The summed E-state index contributed by atoms with van der Waals surface area (Å²) in [5.74, 6) is -0.500. The minimum absolute atomic E-state index is 0.360. The second-order valence-corrected chi connectivity index (χ2v) is 19.5. The molecule has 3 unspecified atom stereocenters. The Morgan fingerprint density at radius 3 is 0.902 bits per heavy atom. The van der Waals surface area contributed by atoms with Crippen LogP contribution in [0.25, 0.3) is 0 Å². The molecule has 0 saturated heterocycles. The van der Waals surface area contributed by atoms with Gasteiger partial charge in [-0.3, -0.25) is 4.79 Å². The van der Waals surface area contributed by atoms with Crippen molar-refractivity contribution in [1.82, 2.24) is 5.32 Å². The summed E-state index contributed by atoms with van der Waals surface area (Å²) >= 11 is 0. The first-order valence-corrected chi connectivity index (χ1v) is 28.0. The zero-order chi connectivity index (χ0) is 44.4. The second kappa shape index (κ2) is 51.7. The molecule has 3 atom stereocenters. The third-order valence-electron chi connectivity index (χ3n) is 13.4. The average molecular weight is 863 g/mol. The van der Waals surface area contributed by atoms with E-state index in [1.807, 2.05) is 6.08 Å². The maximum absolute atomic E-state index is 12.5. The number of allylic oxidation sites excluding steroid dienone is 1. The molecule has 5 heteroatoms. The van der Waals surface area contributed by atoms with Gasteiger partial charge in [-0.15, -0.1) is 0 Å². The molecule has 0 rings (SSSR count). The summed E-state index contributed by atoms with van der Waals surface area (Å²) in [5.41, 5.74) is 0. The number of rotatable bonds is 52. The lowest BCUT2D eigenvalue weighted by Gasteiger charge is -2.21. The summed E-state index contributed by atoms with van der Waals surface area (Å²) < 4.78 is 0. The van der Waals surface area contributed by atoms with Gasteiger partial charge in [-0.2, -0.15) is 0 Å². The van der Waals surface area contributed by atoms with Crippen LogP contribution in [0.4, 0.5) is 0 Å². The van der Waals surface area contributed by atoms with E-state index < -0.39 is 24.2 Å². The Labute approximate surface area is 382 Å². The van der Waals surface area contributed by atoms with Crippen LogP contribution < -0.4 is 5.32 Å². The highest BCUT2D eigenvalue weighted by atomic mass is 16.3. The van der Waals surface area contributed by atoms with Crippen molar-refractivity contribution >= 4 is 5.91 Å². The normalized spacial score (nSPS) is 13.3. The summed E-state index contributed by atoms with van der Waals surface area (Å²) in [6.45, 7) is 4.17. The quantitative estimate of drug-likeness (QED) is 0.0362. The molecule has 1 amide bonds. The number of nitrogens with one attached hydrogen (secondary N) is 1. The second-order valence-electron chi connectivity index (χ2n) is 19.5. The maximum Gasteiger partial charge on any atom is 0.249 e. The van der Waals surface area contributed by atoms with E-state index >= 15 is 0 Å². The van der Waals surface area contributed by atoms with Gasteiger partial charge in [-0.05, 0) is 19.3 Å². The lowest BCUT2D eigenvalue weighted by molar-refractivity contribution is -0.131. The van der Waals surface area contributed by atoms with Crippen LogP contribution in [0.1, 0.15) is 316 Å². The number of hydrogen-bond acceptors (Lipinski definition) is 4. The van der Waals surface area contributed by atoms with E-state index in [4.69, 9.17) is 0 Å². The summed E-state index contributed by atoms with van der Waals surface area (Å²) in [4.78, 5) is 12.5. The predicted molar refractivity (Wildman–Crippen MR) is 269 cm³/mol. The number of aliphatic hydroxyl groups excluding tert-OH is 3. The van der Waals surface area contributed by atoms with Crippen molar-refractivity contribution in [1.29, 1.82) is 0 Å². The highest BCUT2D eigenvalue weighted by Crippen LogP contribution is 2.18. The largest absolute Gasteiger partial charge is 0.394 e. The molecule has 0 aromatic carbocycles. The lowest BCUT2D eigenvalue weighted by Crippen LogP contribution is -2.48. The summed E-state index contributed by atoms with van der Waals surface area (Å²) in [5, 5.41) is 33.1. The number of carbonyl (C=O) groups excluding carboxylic acids is 1. The van der Waals surface area contributed by atoms with Gasteiger partial charge in [0.2, 0.25) is 5.91 Å². The Hall–Kier alpha value is -0.910. The molecule has 0 aliphatic carbocycles. The number of carbonyl (C=O) groups is 1. The topological polar surface area (TPSA) is 89.8 Å². The fourth-order valence-electron chi connectivity index (χ4n) is 9.01. The van der Waals surface area contributed by atoms with Crippen LogP contribution in [-0.2, 0) is 4.79 Å². The molecule has 4 N–H and O–H groups in total. The van der Waals surface area contributed by atoms with E-state index in [1.54, 1.807) is 6.08 Å². The van der Waals surface area contributed by atoms with Gasteiger partial charge in [0.15, 0.2) is 0 Å². The molecule has 0 aliphatic rings. The molecule has 364 valence electrons. The van der Waals surface area contributed by atoms with Crippen LogP contribution in [-0.4, -0.2) is 46.1 Å². The van der Waals surface area contributed by atoms with E-state index in [2.05, 4.69) is 19.2 Å². The van der Waals surface area contributed by atoms with Crippen LogP contribution in [0.15, 0.2) is 12.2 Å². The molecule has 0 heterocycles. The van der Waals surface area contributed by atoms with Crippen molar-refractivity contribution in [2.24, 2.45) is 0 Å². The van der Waals surface area contributed by atoms with E-state index in [1.165, 1.54) is 263 Å². The van der Waals surface area contributed by atoms with Crippen molar-refractivity contribution in [2.75, 3.05) is 6.61 Å². The van der Waals surface area contributed by atoms with Gasteiger partial charge >= 0.3 is 0 Å². The Bertz CT molecular complexity index is 864. The van der Waals surface area contributed by atoms with Gasteiger partial charge in [0.25, 0.3) is 0 Å². The van der Waals surface area contributed by atoms with E-state index in [9.17, 15) is 20.1 Å². The van der Waals surface area contributed by atoms with Crippen molar-refractivity contribution in [3.63, 3.8) is 0 Å². The van der Waals surface area contributed by atoms with Gasteiger partial charge < -0.3 is 20.6 Å². The van der Waals surface area contributed by atoms with Gasteiger partial charge in [-0.25, -0.2) is 0 Å². The third kappa shape index (κ3) is 46.9. The Balaban J connectivity index is 3.36. The first kappa shape index (κ1) is 60.1. The first-order chi connectivity index (χ1) is 30.1. The van der Waals surface area contributed by atoms with E-state index in [-0.39, 0.29) is 6.61 Å². The standard InChI is InChI=1S/C56H111NO4/c1-3-5-7-9-11-13-14-15-16-17-18-19-20-21-22-23-24-25-26-27-28-29-30-31-32-33-34-35-36-37-38-39-40-41-43-45-47-49-51-55(60)56(61)57-53(52-58)54(59)50-48-46-44-42-12-10-8-6-4-2/h48,50,53-55,58-60H,3-47,49,51-52H2,1-2H3,(H,57,61)/b50-48+. The van der Waals surface area contributed by atoms with Crippen LogP contribution in [0, 0.1) is 0 Å². The minimum Gasteiger partial charge on any atom is -0.394 e. The molecule has 0 aromatic heterocycles. The fraction of sp³-hybridized carbons (Fsp3) is 0.946. The highest BCUT2D eigenvalue weighted by Gasteiger charge is 2.22. The smallest absolute Gasteiger partial charge is 0.249 e. The molecule has 0 spiro atoms. The number of aliphatic hydroxyl groups is 3. The molecule has 0 aromatic rings. The minimum atomic E-state index is -1.09. The number of hydrogen-bond donors (Lipinski definition) is 4. The Kier molecular flexibility index (Phi) is 51.0. The van der Waals surface area contributed by atoms with Crippen molar-refractivity contribution in [3.8, 4) is 0 Å². The number of amides is 1. The molecule has 5 nitrogen and oxygen atoms in total. The fourth-order valence-corrected chi connectivity index (χ4v) is 9.01. The van der Waals surface area contributed by atoms with E-state index in [0.29, 0.717) is 6.42 Å². The summed E-state index contributed by atoms with van der Waals surface area (Å²) in [6, 6.07) is -0.792. The van der Waals surface area contributed by atoms with Gasteiger partial charge in [-0.1, -0.05) is 309 Å². The predicted octanol–water partition coefficient (Wildman–Crippen LogP) is 17.1. The molecule has 61 heavy (non-hydrogen) atoms. The zero-order valence-electron chi connectivity index (χ0n) is 41.6. The van der Waals surface area contributed by atoms with Gasteiger partial charge in [0, 0.05) is 0 Å².